The lowest BCUT2D eigenvalue weighted by molar-refractivity contribution is -0.111. The molecule has 1 aromatic carbocycles. The van der Waals surface area contributed by atoms with Gasteiger partial charge in [0.05, 0.1) is 0 Å². The number of allylic oxidation sites excluding steroid dienone is 3. The molecule has 0 saturated heterocycles. The van der Waals surface area contributed by atoms with Gasteiger partial charge in [-0.3, -0.25) is 4.79 Å². The average molecular weight is 226 g/mol. The highest BCUT2D eigenvalue weighted by Gasteiger charge is 2.13. The predicted molar refractivity (Wildman–Crippen MR) is 71.7 cm³/mol. The molecular weight excluding hydrogens is 208 g/mol. The van der Waals surface area contributed by atoms with Crippen LogP contribution >= 0.6 is 0 Å². The lowest BCUT2D eigenvalue weighted by Gasteiger charge is -2.14. The molecule has 0 N–H and O–H groups in total. The summed E-state index contributed by atoms with van der Waals surface area (Å²) in [5.74, 6) is 0.186. The van der Waals surface area contributed by atoms with Crippen LogP contribution in [0.3, 0.4) is 0 Å². The average Bonchev–Trinajstić information content (AvgIpc) is 2.38. The molecule has 0 heterocycles. The van der Waals surface area contributed by atoms with Crippen LogP contribution in [0.2, 0.25) is 0 Å². The molecule has 1 aliphatic rings. The Bertz CT molecular complexity index is 452. The summed E-state index contributed by atoms with van der Waals surface area (Å²) < 4.78 is 0. The summed E-state index contributed by atoms with van der Waals surface area (Å²) >= 11 is 0. The number of ketones is 1. The van der Waals surface area contributed by atoms with Crippen LogP contribution in [-0.2, 0) is 4.79 Å². The molecule has 1 aliphatic carbocycles. The van der Waals surface area contributed by atoms with Gasteiger partial charge in [0.2, 0.25) is 0 Å². The number of carbonyl (C=O) groups is 1. The van der Waals surface area contributed by atoms with Crippen LogP contribution in [0.15, 0.2) is 47.6 Å². The highest BCUT2D eigenvalue weighted by Crippen LogP contribution is 2.25. The molecular formula is C16H18O. The van der Waals surface area contributed by atoms with Crippen LogP contribution < -0.4 is 0 Å². The molecule has 0 amide bonds. The van der Waals surface area contributed by atoms with Gasteiger partial charge < -0.3 is 0 Å². The minimum atomic E-state index is 0.186. The van der Waals surface area contributed by atoms with Gasteiger partial charge in [-0.15, -0.1) is 0 Å². The highest BCUT2D eigenvalue weighted by molar-refractivity contribution is 6.06. The van der Waals surface area contributed by atoms with E-state index in [-0.39, 0.29) is 5.78 Å². The summed E-state index contributed by atoms with van der Waals surface area (Å²) in [5.41, 5.74) is 3.39. The second kappa shape index (κ2) is 5.62. The first-order valence-electron chi connectivity index (χ1n) is 6.23. The Balaban J connectivity index is 2.09. The van der Waals surface area contributed by atoms with Crippen LogP contribution in [0.5, 0.6) is 0 Å². The summed E-state index contributed by atoms with van der Waals surface area (Å²) in [4.78, 5) is 12.0. The molecule has 2 rings (SSSR count). The number of hydrogen-bond acceptors (Lipinski definition) is 1. The SMILES string of the molecule is CC1=C(C(=O)/C=C/c2ccccc2)CCCC1. The molecule has 1 heteroatoms. The van der Waals surface area contributed by atoms with Crippen molar-refractivity contribution in [3.8, 4) is 0 Å². The van der Waals surface area contributed by atoms with E-state index in [2.05, 4.69) is 6.92 Å². The first-order chi connectivity index (χ1) is 8.27. The quantitative estimate of drug-likeness (QED) is 0.707. The topological polar surface area (TPSA) is 17.1 Å². The van der Waals surface area contributed by atoms with Gasteiger partial charge in [0.1, 0.15) is 0 Å². The summed E-state index contributed by atoms with van der Waals surface area (Å²) in [7, 11) is 0. The number of rotatable bonds is 3. The summed E-state index contributed by atoms with van der Waals surface area (Å²) in [6.07, 6.45) is 8.02. The van der Waals surface area contributed by atoms with Crippen molar-refractivity contribution in [2.75, 3.05) is 0 Å². The summed E-state index contributed by atoms with van der Waals surface area (Å²) in [6.45, 7) is 2.09. The maximum Gasteiger partial charge on any atom is 0.181 e. The van der Waals surface area contributed by atoms with Crippen molar-refractivity contribution in [3.63, 3.8) is 0 Å². The maximum atomic E-state index is 12.0. The Morgan fingerprint density at radius 3 is 2.53 bits per heavy atom. The van der Waals surface area contributed by atoms with E-state index in [0.29, 0.717) is 0 Å². The molecule has 0 spiro atoms. The summed E-state index contributed by atoms with van der Waals surface area (Å²) in [6, 6.07) is 9.95. The first kappa shape index (κ1) is 11.8. The van der Waals surface area contributed by atoms with Crippen LogP contribution in [0.1, 0.15) is 38.2 Å². The van der Waals surface area contributed by atoms with Crippen molar-refractivity contribution in [3.05, 3.63) is 53.1 Å². The minimum Gasteiger partial charge on any atom is -0.290 e. The van der Waals surface area contributed by atoms with Gasteiger partial charge in [0, 0.05) is 0 Å². The van der Waals surface area contributed by atoms with Crippen molar-refractivity contribution in [2.45, 2.75) is 32.6 Å². The molecule has 0 bridgehead atoms. The van der Waals surface area contributed by atoms with E-state index in [4.69, 9.17) is 0 Å². The van der Waals surface area contributed by atoms with Crippen LogP contribution in [0.25, 0.3) is 6.08 Å². The fourth-order valence-corrected chi connectivity index (χ4v) is 2.23. The fourth-order valence-electron chi connectivity index (χ4n) is 2.23. The van der Waals surface area contributed by atoms with Crippen LogP contribution in [0.4, 0.5) is 0 Å². The van der Waals surface area contributed by atoms with Crippen LogP contribution in [0, 0.1) is 0 Å². The first-order valence-corrected chi connectivity index (χ1v) is 6.23. The van der Waals surface area contributed by atoms with Gasteiger partial charge >= 0.3 is 0 Å². The Labute approximate surface area is 103 Å². The van der Waals surface area contributed by atoms with E-state index >= 15 is 0 Å². The van der Waals surface area contributed by atoms with Crippen molar-refractivity contribution in [2.24, 2.45) is 0 Å². The third kappa shape index (κ3) is 3.16. The van der Waals surface area contributed by atoms with E-state index in [1.807, 2.05) is 36.4 Å². The Kier molecular flexibility index (Phi) is 3.92. The Morgan fingerprint density at radius 1 is 1.12 bits per heavy atom. The van der Waals surface area contributed by atoms with E-state index < -0.39 is 0 Å². The molecule has 0 aromatic heterocycles. The lowest BCUT2D eigenvalue weighted by atomic mass is 9.90. The zero-order valence-corrected chi connectivity index (χ0v) is 10.3. The normalized spacial score (nSPS) is 16.5. The monoisotopic (exact) mass is 226 g/mol. The van der Waals surface area contributed by atoms with E-state index in [0.717, 1.165) is 30.4 Å². The van der Waals surface area contributed by atoms with Gasteiger partial charge in [0.15, 0.2) is 5.78 Å². The largest absolute Gasteiger partial charge is 0.290 e. The number of hydrogen-bond donors (Lipinski definition) is 0. The zero-order valence-electron chi connectivity index (χ0n) is 10.3. The lowest BCUT2D eigenvalue weighted by Crippen LogP contribution is -2.06. The molecule has 1 aromatic rings. The molecule has 0 saturated carbocycles. The fraction of sp³-hybridized carbons (Fsp3) is 0.312. The van der Waals surface area contributed by atoms with Crippen molar-refractivity contribution >= 4 is 11.9 Å². The molecule has 88 valence electrons. The van der Waals surface area contributed by atoms with Crippen LogP contribution in [-0.4, -0.2) is 5.78 Å². The summed E-state index contributed by atoms with van der Waals surface area (Å²) in [5, 5.41) is 0. The van der Waals surface area contributed by atoms with Crippen molar-refractivity contribution < 1.29 is 4.79 Å². The molecule has 0 aliphatic heterocycles. The third-order valence-corrected chi connectivity index (χ3v) is 3.27. The van der Waals surface area contributed by atoms with Gasteiger partial charge in [-0.25, -0.2) is 0 Å². The van der Waals surface area contributed by atoms with Gasteiger partial charge in [-0.2, -0.15) is 0 Å². The third-order valence-electron chi connectivity index (χ3n) is 3.27. The molecule has 0 fully saturated rings. The second-order valence-corrected chi connectivity index (χ2v) is 4.57. The molecule has 17 heavy (non-hydrogen) atoms. The molecule has 0 unspecified atom stereocenters. The zero-order chi connectivity index (χ0) is 12.1. The predicted octanol–water partition coefficient (Wildman–Crippen LogP) is 4.16. The smallest absolute Gasteiger partial charge is 0.181 e. The van der Waals surface area contributed by atoms with Gasteiger partial charge in [0.25, 0.3) is 0 Å². The molecule has 0 atom stereocenters. The van der Waals surface area contributed by atoms with Gasteiger partial charge in [-0.1, -0.05) is 42.0 Å². The highest BCUT2D eigenvalue weighted by atomic mass is 16.1. The van der Waals surface area contributed by atoms with Crippen molar-refractivity contribution in [1.82, 2.24) is 0 Å². The van der Waals surface area contributed by atoms with E-state index in [1.54, 1.807) is 6.08 Å². The van der Waals surface area contributed by atoms with E-state index in [1.165, 1.54) is 12.0 Å². The second-order valence-electron chi connectivity index (χ2n) is 4.57. The number of benzene rings is 1. The standard InChI is InChI=1S/C16H18O/c1-13-7-5-6-10-15(13)16(17)12-11-14-8-3-2-4-9-14/h2-4,8-9,11-12H,5-7,10H2,1H3/b12-11+. The van der Waals surface area contributed by atoms with E-state index in [9.17, 15) is 4.79 Å². The Hall–Kier alpha value is -1.63. The molecule has 1 nitrogen and oxygen atoms in total. The Morgan fingerprint density at radius 2 is 1.82 bits per heavy atom. The van der Waals surface area contributed by atoms with Gasteiger partial charge in [-0.05, 0) is 49.8 Å². The van der Waals surface area contributed by atoms with Crippen molar-refractivity contribution in [1.29, 1.82) is 0 Å². The molecule has 0 radical (unpaired) electrons. The minimum absolute atomic E-state index is 0.186. The number of carbonyl (C=O) groups excluding carboxylic acids is 1. The maximum absolute atomic E-state index is 12.0.